The van der Waals surface area contributed by atoms with E-state index in [-0.39, 0.29) is 5.41 Å². The van der Waals surface area contributed by atoms with Crippen molar-refractivity contribution in [3.63, 3.8) is 0 Å². The van der Waals surface area contributed by atoms with Gasteiger partial charge in [0.2, 0.25) is 0 Å². The molecule has 0 N–H and O–H groups in total. The van der Waals surface area contributed by atoms with Crippen LogP contribution in [0.5, 0.6) is 23.0 Å². The van der Waals surface area contributed by atoms with Crippen molar-refractivity contribution in [3.05, 3.63) is 264 Å². The number of rotatable bonds is 6. The van der Waals surface area contributed by atoms with E-state index in [1.807, 2.05) is 0 Å². The van der Waals surface area contributed by atoms with Crippen LogP contribution >= 0.6 is 0 Å². The molecule has 11 aromatic rings. The summed E-state index contributed by atoms with van der Waals surface area (Å²) in [6, 6.07) is 83.3. The van der Waals surface area contributed by atoms with Gasteiger partial charge < -0.3 is 18.9 Å². The fraction of sp³-hybridized carbons (Fsp3) is 0.0625. The van der Waals surface area contributed by atoms with Crippen molar-refractivity contribution >= 4 is 38.9 Å². The van der Waals surface area contributed by atoms with Gasteiger partial charge in [0.15, 0.2) is 23.0 Å². The maximum absolute atomic E-state index is 7.12. The maximum Gasteiger partial charge on any atom is 0.178 e. The molecule has 322 valence electrons. The molecule has 0 atom stereocenters. The molecule has 1 aliphatic heterocycles. The molecule has 0 radical (unpaired) electrons. The molecule has 14 rings (SSSR count). The molecule has 10 aromatic carbocycles. The second kappa shape index (κ2) is 14.4. The third-order valence-corrected chi connectivity index (χ3v) is 14.9. The van der Waals surface area contributed by atoms with E-state index in [0.717, 1.165) is 45.1 Å². The van der Waals surface area contributed by atoms with Crippen molar-refractivity contribution in [3.8, 4) is 50.9 Å². The second-order valence-electron chi connectivity index (χ2n) is 18.8. The van der Waals surface area contributed by atoms with E-state index < -0.39 is 5.41 Å². The fourth-order valence-corrected chi connectivity index (χ4v) is 11.9. The first-order valence-corrected chi connectivity index (χ1v) is 23.5. The highest BCUT2D eigenvalue weighted by Gasteiger charge is 2.48. The predicted molar refractivity (Wildman–Crippen MR) is 277 cm³/mol. The van der Waals surface area contributed by atoms with E-state index in [9.17, 15) is 0 Å². The maximum atomic E-state index is 7.12. The second-order valence-corrected chi connectivity index (χ2v) is 18.8. The summed E-state index contributed by atoms with van der Waals surface area (Å²) in [7, 11) is 0. The molecule has 0 bridgehead atoms. The number of hydrogen-bond acceptors (Lipinski definition) is 3. The molecule has 0 fully saturated rings. The Morgan fingerprint density at radius 1 is 0.382 bits per heavy atom. The average molecular weight is 873 g/mol. The van der Waals surface area contributed by atoms with Gasteiger partial charge in [-0.05, 0) is 117 Å². The molecule has 0 unspecified atom stereocenters. The van der Waals surface area contributed by atoms with E-state index in [1.54, 1.807) is 0 Å². The molecule has 2 aliphatic carbocycles. The molecular weight excluding hydrogens is 829 g/mol. The van der Waals surface area contributed by atoms with Gasteiger partial charge in [0, 0.05) is 44.9 Å². The zero-order chi connectivity index (χ0) is 45.1. The van der Waals surface area contributed by atoms with Gasteiger partial charge in [-0.25, -0.2) is 0 Å². The molecule has 3 aliphatic rings. The number of benzene rings is 10. The van der Waals surface area contributed by atoms with E-state index in [2.05, 4.69) is 254 Å². The normalized spacial score (nSPS) is 14.2. The minimum Gasteiger partial charge on any atom is -0.449 e. The van der Waals surface area contributed by atoms with Crippen LogP contribution in [0, 0.1) is 0 Å². The Hall–Kier alpha value is -8.60. The van der Waals surface area contributed by atoms with Crippen LogP contribution in [0.25, 0.3) is 49.7 Å². The number of aromatic nitrogens is 1. The third kappa shape index (κ3) is 5.37. The minimum absolute atomic E-state index is 0.172. The van der Waals surface area contributed by atoms with Gasteiger partial charge in [-0.15, -0.1) is 0 Å². The van der Waals surface area contributed by atoms with Gasteiger partial charge in [-0.1, -0.05) is 172 Å². The minimum atomic E-state index is -0.544. The molecule has 4 nitrogen and oxygen atoms in total. The van der Waals surface area contributed by atoms with Crippen molar-refractivity contribution in [1.82, 2.24) is 4.57 Å². The van der Waals surface area contributed by atoms with Crippen LogP contribution in [-0.4, -0.2) is 4.57 Å². The molecule has 0 amide bonds. The molecule has 2 heterocycles. The number of ether oxygens (including phenoxy) is 2. The summed E-state index contributed by atoms with van der Waals surface area (Å²) in [6.07, 6.45) is 0. The summed E-state index contributed by atoms with van der Waals surface area (Å²) >= 11 is 0. The first kappa shape index (κ1) is 38.6. The van der Waals surface area contributed by atoms with E-state index in [1.165, 1.54) is 60.8 Å². The number of para-hydroxylation sites is 2. The molecule has 68 heavy (non-hydrogen) atoms. The highest BCUT2D eigenvalue weighted by molar-refractivity contribution is 6.11. The first-order valence-electron chi connectivity index (χ1n) is 23.5. The van der Waals surface area contributed by atoms with Crippen LogP contribution in [0.1, 0.15) is 47.2 Å². The Labute approximate surface area is 395 Å². The van der Waals surface area contributed by atoms with Crippen molar-refractivity contribution in [1.29, 1.82) is 0 Å². The molecular formula is C64H44N2O2. The molecule has 0 saturated heterocycles. The van der Waals surface area contributed by atoms with Gasteiger partial charge in [-0.3, -0.25) is 0 Å². The fourth-order valence-electron chi connectivity index (χ4n) is 11.9. The van der Waals surface area contributed by atoms with E-state index in [4.69, 9.17) is 9.47 Å². The molecule has 0 saturated carbocycles. The zero-order valence-corrected chi connectivity index (χ0v) is 37.7. The standard InChI is InChI=1S/C64H44N2O2/c1-63(2)52-27-15-12-24-47(52)48-33-30-45(39-55(48)63)65(44-31-35-57-51(38-44)49-25-14-17-29-56(49)66(57)43-22-10-5-11-23-43)46-32-36-58-60(40-46)67-59-37-34-54-61(62(59)68-58)50-26-13-16-28-53(50)64(54,41-18-6-3-7-19-41)42-20-8-4-9-21-42/h3-40H,1-2H3. The van der Waals surface area contributed by atoms with Gasteiger partial charge in [-0.2, -0.15) is 0 Å². The SMILES string of the molecule is CC1(C)c2ccccc2-c2ccc(N(c3ccc4c(c3)Oc3ccc5c(c3O4)-c3ccccc3C5(c3ccccc3)c3ccccc3)c3ccc4c(c3)c3ccccc3n4-c3ccccc3)cc21. The third-order valence-electron chi connectivity index (χ3n) is 14.9. The quantitative estimate of drug-likeness (QED) is 0.167. The number of hydrogen-bond donors (Lipinski definition) is 0. The Kier molecular flexibility index (Phi) is 8.21. The van der Waals surface area contributed by atoms with Crippen molar-refractivity contribution in [2.45, 2.75) is 24.7 Å². The Balaban J connectivity index is 0.932. The lowest BCUT2D eigenvalue weighted by Gasteiger charge is -2.34. The van der Waals surface area contributed by atoms with Crippen LogP contribution < -0.4 is 14.4 Å². The zero-order valence-electron chi connectivity index (χ0n) is 37.7. The monoisotopic (exact) mass is 872 g/mol. The van der Waals surface area contributed by atoms with Crippen molar-refractivity contribution < 1.29 is 9.47 Å². The van der Waals surface area contributed by atoms with Crippen molar-refractivity contribution in [2.75, 3.05) is 4.90 Å². The van der Waals surface area contributed by atoms with Crippen LogP contribution in [0.2, 0.25) is 0 Å². The van der Waals surface area contributed by atoms with Crippen LogP contribution in [-0.2, 0) is 10.8 Å². The summed E-state index contributed by atoms with van der Waals surface area (Å²) in [6.45, 7) is 4.69. The summed E-state index contributed by atoms with van der Waals surface area (Å²) in [5.41, 5.74) is 18.1. The Morgan fingerprint density at radius 2 is 0.956 bits per heavy atom. The van der Waals surface area contributed by atoms with Crippen LogP contribution in [0.15, 0.2) is 231 Å². The van der Waals surface area contributed by atoms with E-state index >= 15 is 0 Å². The summed E-state index contributed by atoms with van der Waals surface area (Å²) < 4.78 is 16.5. The first-order chi connectivity index (χ1) is 33.5. The highest BCUT2D eigenvalue weighted by atomic mass is 16.6. The Morgan fingerprint density at radius 3 is 1.74 bits per heavy atom. The topological polar surface area (TPSA) is 26.6 Å². The number of nitrogens with zero attached hydrogens (tertiary/aromatic N) is 2. The summed E-state index contributed by atoms with van der Waals surface area (Å²) in [5, 5.41) is 2.39. The average Bonchev–Trinajstić information content (AvgIpc) is 3.97. The predicted octanol–water partition coefficient (Wildman–Crippen LogP) is 16.8. The van der Waals surface area contributed by atoms with Gasteiger partial charge >= 0.3 is 0 Å². The molecule has 4 heteroatoms. The number of fused-ring (bicyclic) bond motifs is 12. The Bertz CT molecular complexity index is 3790. The molecule has 1 aromatic heterocycles. The lowest BCUT2D eigenvalue weighted by molar-refractivity contribution is 0.360. The number of anilines is 3. The van der Waals surface area contributed by atoms with Crippen molar-refractivity contribution in [2.24, 2.45) is 0 Å². The van der Waals surface area contributed by atoms with Crippen LogP contribution in [0.3, 0.4) is 0 Å². The lowest BCUT2D eigenvalue weighted by Crippen LogP contribution is -2.28. The summed E-state index contributed by atoms with van der Waals surface area (Å²) in [4.78, 5) is 2.37. The lowest BCUT2D eigenvalue weighted by atomic mass is 9.68. The van der Waals surface area contributed by atoms with Gasteiger partial charge in [0.05, 0.1) is 22.1 Å². The van der Waals surface area contributed by atoms with Crippen LogP contribution in [0.4, 0.5) is 17.1 Å². The highest BCUT2D eigenvalue weighted by Crippen LogP contribution is 2.62. The van der Waals surface area contributed by atoms with E-state index in [0.29, 0.717) is 17.2 Å². The van der Waals surface area contributed by atoms with Gasteiger partial charge in [0.1, 0.15) is 0 Å². The molecule has 0 spiro atoms. The summed E-state index contributed by atoms with van der Waals surface area (Å²) in [5.74, 6) is 2.77. The smallest absolute Gasteiger partial charge is 0.178 e. The van der Waals surface area contributed by atoms with Gasteiger partial charge in [0.25, 0.3) is 0 Å². The largest absolute Gasteiger partial charge is 0.449 e.